The maximum Gasteiger partial charge on any atom is 0.252 e. The van der Waals surface area contributed by atoms with Gasteiger partial charge >= 0.3 is 0 Å². The van der Waals surface area contributed by atoms with Crippen LogP contribution < -0.4 is 20.3 Å². The zero-order chi connectivity index (χ0) is 31.8. The smallest absolute Gasteiger partial charge is 0.252 e. The molecule has 15 heteroatoms. The molecule has 0 spiro atoms. The second-order valence-corrected chi connectivity index (χ2v) is 12.4. The van der Waals surface area contributed by atoms with Crippen LogP contribution in [0, 0.1) is 11.3 Å². The SMILES string of the molecule is N#Cc1ccnc(N2C(=O)CCC2C(=O)N(c2cccc(S(N)(=O)=O)c2)[C@H](C(=O)NC2CC(F)(F)C2)c2ccccc2Cl)c1. The molecule has 1 aliphatic carbocycles. The number of benzene rings is 2. The molecule has 2 aliphatic rings. The lowest BCUT2D eigenvalue weighted by Gasteiger charge is -2.39. The molecule has 44 heavy (non-hydrogen) atoms. The Labute approximate surface area is 256 Å². The van der Waals surface area contributed by atoms with E-state index in [4.69, 9.17) is 16.7 Å². The van der Waals surface area contributed by atoms with E-state index in [2.05, 4.69) is 10.3 Å². The van der Waals surface area contributed by atoms with Crippen molar-refractivity contribution in [2.75, 3.05) is 9.80 Å². The van der Waals surface area contributed by atoms with Crippen LogP contribution in [0.1, 0.15) is 42.9 Å². The number of anilines is 2. The number of sulfonamides is 1. The number of halogens is 3. The quantitative estimate of drug-likeness (QED) is 0.380. The fourth-order valence-corrected chi connectivity index (χ4v) is 6.13. The van der Waals surface area contributed by atoms with E-state index in [-0.39, 0.29) is 45.4 Å². The van der Waals surface area contributed by atoms with Crippen LogP contribution in [0.3, 0.4) is 0 Å². The highest BCUT2D eigenvalue weighted by atomic mass is 35.5. The highest BCUT2D eigenvalue weighted by Gasteiger charge is 2.48. The van der Waals surface area contributed by atoms with E-state index < -0.39 is 64.6 Å². The van der Waals surface area contributed by atoms with Gasteiger partial charge in [0, 0.05) is 47.8 Å². The van der Waals surface area contributed by atoms with Gasteiger partial charge in [-0.2, -0.15) is 5.26 Å². The van der Waals surface area contributed by atoms with Crippen LogP contribution in [-0.2, 0) is 24.4 Å². The summed E-state index contributed by atoms with van der Waals surface area (Å²) in [6.07, 6.45) is 0.0271. The molecule has 1 aromatic heterocycles. The minimum absolute atomic E-state index is 0.00673. The van der Waals surface area contributed by atoms with Gasteiger partial charge in [-0.1, -0.05) is 35.9 Å². The van der Waals surface area contributed by atoms with Gasteiger partial charge in [0.2, 0.25) is 21.8 Å². The van der Waals surface area contributed by atoms with Crippen LogP contribution in [0.2, 0.25) is 5.02 Å². The Bertz CT molecular complexity index is 1790. The van der Waals surface area contributed by atoms with E-state index in [0.29, 0.717) is 0 Å². The molecule has 1 saturated carbocycles. The van der Waals surface area contributed by atoms with Gasteiger partial charge in [0.05, 0.1) is 16.5 Å². The predicted molar refractivity (Wildman–Crippen MR) is 155 cm³/mol. The highest BCUT2D eigenvalue weighted by molar-refractivity contribution is 7.89. The van der Waals surface area contributed by atoms with Gasteiger partial charge in [-0.15, -0.1) is 0 Å². The molecule has 2 fully saturated rings. The summed E-state index contributed by atoms with van der Waals surface area (Å²) in [6, 6.07) is 12.1. The third-order valence-corrected chi connectivity index (χ3v) is 8.68. The maximum absolute atomic E-state index is 14.6. The summed E-state index contributed by atoms with van der Waals surface area (Å²) >= 11 is 6.51. The Morgan fingerprint density at radius 3 is 2.55 bits per heavy atom. The Kier molecular flexibility index (Phi) is 8.39. The zero-order valence-electron chi connectivity index (χ0n) is 22.9. The average Bonchev–Trinajstić information content (AvgIpc) is 3.36. The van der Waals surface area contributed by atoms with Crippen molar-refractivity contribution in [1.29, 1.82) is 5.26 Å². The first-order valence-corrected chi connectivity index (χ1v) is 15.3. The van der Waals surface area contributed by atoms with E-state index in [1.54, 1.807) is 12.1 Å². The number of pyridine rings is 1. The molecular formula is C29H25ClF2N6O5S. The number of nitrogens with one attached hydrogen (secondary N) is 1. The zero-order valence-corrected chi connectivity index (χ0v) is 24.4. The molecule has 3 amide bonds. The van der Waals surface area contributed by atoms with Crippen molar-refractivity contribution in [3.63, 3.8) is 0 Å². The fraction of sp³-hybridized carbons (Fsp3) is 0.276. The van der Waals surface area contributed by atoms with Gasteiger partial charge in [-0.3, -0.25) is 24.2 Å². The first-order chi connectivity index (χ1) is 20.8. The number of nitriles is 1. The topological polar surface area (TPSA) is 167 Å². The third kappa shape index (κ3) is 6.26. The lowest BCUT2D eigenvalue weighted by Crippen LogP contribution is -2.56. The Hall–Kier alpha value is -4.45. The maximum atomic E-state index is 14.6. The van der Waals surface area contributed by atoms with Crippen molar-refractivity contribution in [3.05, 3.63) is 83.0 Å². The second-order valence-electron chi connectivity index (χ2n) is 10.5. The lowest BCUT2D eigenvalue weighted by atomic mass is 9.87. The third-order valence-electron chi connectivity index (χ3n) is 7.42. The summed E-state index contributed by atoms with van der Waals surface area (Å²) in [7, 11) is -4.27. The lowest BCUT2D eigenvalue weighted by molar-refractivity contribution is -0.133. The number of nitrogens with two attached hydrogens (primary N) is 1. The number of hydrogen-bond donors (Lipinski definition) is 2. The Balaban J connectivity index is 1.66. The average molecular weight is 643 g/mol. The summed E-state index contributed by atoms with van der Waals surface area (Å²) in [4.78, 5) is 47.5. The molecule has 2 aromatic carbocycles. The summed E-state index contributed by atoms with van der Waals surface area (Å²) in [5.41, 5.74) is 0.218. The summed E-state index contributed by atoms with van der Waals surface area (Å²) in [5, 5.41) is 17.4. The molecule has 1 aliphatic heterocycles. The molecular weight excluding hydrogens is 618 g/mol. The van der Waals surface area contributed by atoms with Gasteiger partial charge in [0.25, 0.3) is 11.8 Å². The summed E-state index contributed by atoms with van der Waals surface area (Å²) < 4.78 is 51.9. The van der Waals surface area contributed by atoms with E-state index in [1.807, 2.05) is 6.07 Å². The normalized spacial score (nSPS) is 18.7. The highest BCUT2D eigenvalue weighted by Crippen LogP contribution is 2.40. The van der Waals surface area contributed by atoms with Crippen LogP contribution in [0.15, 0.2) is 71.8 Å². The number of hydrogen-bond acceptors (Lipinski definition) is 7. The van der Waals surface area contributed by atoms with Gasteiger partial charge in [0.15, 0.2) is 0 Å². The van der Waals surface area contributed by atoms with E-state index in [1.165, 1.54) is 48.7 Å². The first-order valence-electron chi connectivity index (χ1n) is 13.4. The molecule has 11 nitrogen and oxygen atoms in total. The summed E-state index contributed by atoms with van der Waals surface area (Å²) in [6.45, 7) is 0. The van der Waals surface area contributed by atoms with Crippen molar-refractivity contribution >= 4 is 50.9 Å². The van der Waals surface area contributed by atoms with Crippen molar-refractivity contribution in [2.45, 2.75) is 54.6 Å². The van der Waals surface area contributed by atoms with Crippen LogP contribution >= 0.6 is 11.6 Å². The molecule has 3 aromatic rings. The molecule has 5 rings (SSSR count). The Morgan fingerprint density at radius 2 is 1.89 bits per heavy atom. The number of alkyl halides is 2. The largest absolute Gasteiger partial charge is 0.351 e. The fourth-order valence-electron chi connectivity index (χ4n) is 5.34. The predicted octanol–water partition coefficient (Wildman–Crippen LogP) is 3.44. The van der Waals surface area contributed by atoms with Crippen molar-refractivity contribution < 1.29 is 31.6 Å². The first kappa shape index (κ1) is 31.0. The van der Waals surface area contributed by atoms with Gasteiger partial charge in [-0.05, 0) is 42.8 Å². The minimum Gasteiger partial charge on any atom is -0.351 e. The van der Waals surface area contributed by atoms with Crippen LogP contribution in [-0.4, -0.2) is 49.1 Å². The minimum atomic E-state index is -4.27. The molecule has 2 atom stereocenters. The monoisotopic (exact) mass is 642 g/mol. The number of rotatable bonds is 8. The number of carbonyl (C=O) groups excluding carboxylic acids is 3. The number of aromatic nitrogens is 1. The van der Waals surface area contributed by atoms with Crippen molar-refractivity contribution in [2.24, 2.45) is 5.14 Å². The number of amides is 3. The molecule has 3 N–H and O–H groups in total. The number of carbonyl (C=O) groups is 3. The van der Waals surface area contributed by atoms with Crippen LogP contribution in [0.5, 0.6) is 0 Å². The van der Waals surface area contributed by atoms with Gasteiger partial charge < -0.3 is 5.32 Å². The number of nitrogens with zero attached hydrogens (tertiary/aromatic N) is 4. The molecule has 1 saturated heterocycles. The Morgan fingerprint density at radius 1 is 1.16 bits per heavy atom. The van der Waals surface area contributed by atoms with E-state index >= 15 is 0 Å². The molecule has 0 bridgehead atoms. The standard InChI is InChI=1S/C29H25ClF2N6O5S/c30-22-7-2-1-6-21(22)26(27(40)36-18-14-29(31,32)15-18)37(19-4-3-5-20(13-19)44(34,42)43)28(41)23-8-9-25(39)38(23)24-12-17(16-33)10-11-35-24/h1-7,10-13,18,23,26H,8-9,14-15H2,(H,36,40)(H2,34,42,43)/t23?,26-/m0/s1. The number of primary sulfonamides is 1. The molecule has 1 unspecified atom stereocenters. The molecule has 2 heterocycles. The van der Waals surface area contributed by atoms with Crippen molar-refractivity contribution in [3.8, 4) is 6.07 Å². The van der Waals surface area contributed by atoms with Gasteiger partial charge in [0.1, 0.15) is 17.9 Å². The second kappa shape index (κ2) is 11.9. The summed E-state index contributed by atoms with van der Waals surface area (Å²) in [5.74, 6) is -5.07. The van der Waals surface area contributed by atoms with E-state index in [0.717, 1.165) is 15.9 Å². The van der Waals surface area contributed by atoms with Gasteiger partial charge in [-0.25, -0.2) is 27.3 Å². The molecule has 228 valence electrons. The van der Waals surface area contributed by atoms with E-state index in [9.17, 15) is 36.8 Å². The van der Waals surface area contributed by atoms with Crippen LogP contribution in [0.25, 0.3) is 0 Å². The van der Waals surface area contributed by atoms with Crippen molar-refractivity contribution in [1.82, 2.24) is 10.3 Å². The van der Waals surface area contributed by atoms with Crippen LogP contribution in [0.4, 0.5) is 20.3 Å². The molecule has 0 radical (unpaired) electrons.